The van der Waals surface area contributed by atoms with Gasteiger partial charge in [-0.15, -0.1) is 0 Å². The van der Waals surface area contributed by atoms with Crippen molar-refractivity contribution >= 4 is 17.5 Å². The molecule has 1 aliphatic heterocycles. The molecule has 2 rings (SSSR count). The number of rotatable bonds is 5. The molecule has 0 aromatic heterocycles. The van der Waals surface area contributed by atoms with Gasteiger partial charge in [-0.3, -0.25) is 4.79 Å². The summed E-state index contributed by atoms with van der Waals surface area (Å²) in [5.74, 6) is 0.756. The Morgan fingerprint density at radius 2 is 2.26 bits per heavy atom. The van der Waals surface area contributed by atoms with Crippen LogP contribution in [0.15, 0.2) is 24.3 Å². The highest BCUT2D eigenvalue weighted by Crippen LogP contribution is 2.15. The fraction of sp³-hybridized carbons (Fsp3) is 0.533. The highest BCUT2D eigenvalue weighted by atomic mass is 35.5. The Bertz CT molecular complexity index is 416. The lowest BCUT2D eigenvalue weighted by molar-refractivity contribution is -0.120. The molecule has 0 spiro atoms. The molecule has 0 radical (unpaired) electrons. The first-order chi connectivity index (χ1) is 9.25. The largest absolute Gasteiger partial charge is 0.356 e. The Kier molecular flexibility index (Phi) is 5.67. The Hall–Kier alpha value is -1.06. The predicted molar refractivity (Wildman–Crippen MR) is 78.4 cm³/mol. The second-order valence-corrected chi connectivity index (χ2v) is 5.53. The van der Waals surface area contributed by atoms with Gasteiger partial charge in [-0.2, -0.15) is 0 Å². The Balaban J connectivity index is 1.68. The van der Waals surface area contributed by atoms with E-state index < -0.39 is 0 Å². The predicted octanol–water partition coefficient (Wildman–Crippen LogP) is 2.39. The van der Waals surface area contributed by atoms with Crippen molar-refractivity contribution in [3.05, 3.63) is 34.9 Å². The number of carbonyl (C=O) groups is 1. The van der Waals surface area contributed by atoms with E-state index in [1.54, 1.807) is 0 Å². The van der Waals surface area contributed by atoms with Crippen molar-refractivity contribution in [2.75, 3.05) is 19.6 Å². The number of nitrogens with one attached hydrogen (secondary N) is 2. The first-order valence-corrected chi connectivity index (χ1v) is 7.34. The first-order valence-electron chi connectivity index (χ1n) is 6.96. The lowest BCUT2D eigenvalue weighted by atomic mass is 9.96. The Morgan fingerprint density at radius 3 is 3.00 bits per heavy atom. The molecular formula is C15H21ClN2O. The van der Waals surface area contributed by atoms with Gasteiger partial charge in [-0.1, -0.05) is 29.8 Å². The van der Waals surface area contributed by atoms with Gasteiger partial charge in [-0.25, -0.2) is 0 Å². The van der Waals surface area contributed by atoms with E-state index in [4.69, 9.17) is 11.6 Å². The first kappa shape index (κ1) is 14.4. The SMILES string of the molecule is O=C(Cc1ccccc1Cl)NCCC1CCCNC1. The average molecular weight is 281 g/mol. The quantitative estimate of drug-likeness (QED) is 0.870. The topological polar surface area (TPSA) is 41.1 Å². The number of amides is 1. The third-order valence-corrected chi connectivity index (χ3v) is 3.95. The van der Waals surface area contributed by atoms with E-state index in [0.29, 0.717) is 17.4 Å². The van der Waals surface area contributed by atoms with Crippen molar-refractivity contribution in [3.63, 3.8) is 0 Å². The third-order valence-electron chi connectivity index (χ3n) is 3.58. The van der Waals surface area contributed by atoms with Crippen molar-refractivity contribution in [2.24, 2.45) is 5.92 Å². The van der Waals surface area contributed by atoms with Gasteiger partial charge in [0.15, 0.2) is 0 Å². The molecule has 1 aromatic rings. The molecule has 1 amide bonds. The summed E-state index contributed by atoms with van der Waals surface area (Å²) in [5.41, 5.74) is 0.890. The van der Waals surface area contributed by atoms with Crippen molar-refractivity contribution in [3.8, 4) is 0 Å². The number of halogens is 1. The molecule has 1 atom stereocenters. The van der Waals surface area contributed by atoms with Gasteiger partial charge in [0, 0.05) is 11.6 Å². The number of carbonyl (C=O) groups excluding carboxylic acids is 1. The number of hydrogen-bond acceptors (Lipinski definition) is 2. The minimum atomic E-state index is 0.0527. The second-order valence-electron chi connectivity index (χ2n) is 5.12. The molecule has 1 fully saturated rings. The minimum absolute atomic E-state index is 0.0527. The number of benzene rings is 1. The fourth-order valence-corrected chi connectivity index (χ4v) is 2.67. The van der Waals surface area contributed by atoms with E-state index in [1.807, 2.05) is 24.3 Å². The van der Waals surface area contributed by atoms with Crippen molar-refractivity contribution in [1.82, 2.24) is 10.6 Å². The van der Waals surface area contributed by atoms with E-state index >= 15 is 0 Å². The Labute approximate surface area is 119 Å². The van der Waals surface area contributed by atoms with E-state index in [-0.39, 0.29) is 5.91 Å². The van der Waals surface area contributed by atoms with Gasteiger partial charge in [0.1, 0.15) is 0 Å². The van der Waals surface area contributed by atoms with Crippen molar-refractivity contribution in [1.29, 1.82) is 0 Å². The van der Waals surface area contributed by atoms with Crippen LogP contribution in [0.25, 0.3) is 0 Å². The molecule has 0 saturated carbocycles. The number of piperidine rings is 1. The zero-order valence-electron chi connectivity index (χ0n) is 11.1. The maximum Gasteiger partial charge on any atom is 0.224 e. The molecule has 0 bridgehead atoms. The normalized spacial score (nSPS) is 19.1. The third kappa shape index (κ3) is 4.84. The molecule has 1 aliphatic rings. The molecule has 1 heterocycles. The standard InChI is InChI=1S/C15H21ClN2O/c16-14-6-2-1-5-13(14)10-15(19)18-9-7-12-4-3-8-17-11-12/h1-2,5-6,12,17H,3-4,7-11H2,(H,18,19). The smallest absolute Gasteiger partial charge is 0.224 e. The molecule has 1 unspecified atom stereocenters. The lowest BCUT2D eigenvalue weighted by Crippen LogP contribution is -2.33. The molecule has 2 N–H and O–H groups in total. The summed E-state index contributed by atoms with van der Waals surface area (Å²) in [6.45, 7) is 2.98. The second kappa shape index (κ2) is 7.51. The number of hydrogen-bond donors (Lipinski definition) is 2. The van der Waals surface area contributed by atoms with Gasteiger partial charge >= 0.3 is 0 Å². The molecule has 3 nitrogen and oxygen atoms in total. The zero-order valence-corrected chi connectivity index (χ0v) is 11.9. The van der Waals surface area contributed by atoms with E-state index in [1.165, 1.54) is 12.8 Å². The summed E-state index contributed by atoms with van der Waals surface area (Å²) in [6.07, 6.45) is 3.94. The maximum absolute atomic E-state index is 11.8. The van der Waals surface area contributed by atoms with Crippen LogP contribution in [0.1, 0.15) is 24.8 Å². The van der Waals surface area contributed by atoms with Gasteiger partial charge in [0.05, 0.1) is 6.42 Å². The van der Waals surface area contributed by atoms with Crippen LogP contribution < -0.4 is 10.6 Å². The van der Waals surface area contributed by atoms with Crippen LogP contribution in [0.2, 0.25) is 5.02 Å². The highest BCUT2D eigenvalue weighted by Gasteiger charge is 2.13. The summed E-state index contributed by atoms with van der Waals surface area (Å²) in [6, 6.07) is 7.49. The molecule has 19 heavy (non-hydrogen) atoms. The van der Waals surface area contributed by atoms with Gasteiger partial charge in [0.25, 0.3) is 0 Å². The van der Waals surface area contributed by atoms with Crippen LogP contribution in [-0.4, -0.2) is 25.5 Å². The summed E-state index contributed by atoms with van der Waals surface area (Å²) in [5, 5.41) is 7.03. The minimum Gasteiger partial charge on any atom is -0.356 e. The summed E-state index contributed by atoms with van der Waals surface area (Å²) >= 11 is 6.04. The summed E-state index contributed by atoms with van der Waals surface area (Å²) in [7, 11) is 0. The highest BCUT2D eigenvalue weighted by molar-refractivity contribution is 6.31. The lowest BCUT2D eigenvalue weighted by Gasteiger charge is -2.22. The van der Waals surface area contributed by atoms with Crippen molar-refractivity contribution < 1.29 is 4.79 Å². The zero-order chi connectivity index (χ0) is 13.5. The van der Waals surface area contributed by atoms with Gasteiger partial charge in [0.2, 0.25) is 5.91 Å². The summed E-state index contributed by atoms with van der Waals surface area (Å²) in [4.78, 5) is 11.8. The molecule has 4 heteroatoms. The van der Waals surface area contributed by atoms with Crippen LogP contribution in [0, 0.1) is 5.92 Å². The van der Waals surface area contributed by atoms with E-state index in [2.05, 4.69) is 10.6 Å². The molecule has 104 valence electrons. The van der Waals surface area contributed by atoms with Crippen LogP contribution in [0.3, 0.4) is 0 Å². The van der Waals surface area contributed by atoms with Gasteiger partial charge in [-0.05, 0) is 49.9 Å². The van der Waals surface area contributed by atoms with E-state index in [0.717, 1.165) is 31.6 Å². The molecule has 0 aliphatic carbocycles. The maximum atomic E-state index is 11.8. The fourth-order valence-electron chi connectivity index (χ4n) is 2.46. The van der Waals surface area contributed by atoms with Gasteiger partial charge < -0.3 is 10.6 Å². The monoisotopic (exact) mass is 280 g/mol. The summed E-state index contributed by atoms with van der Waals surface area (Å²) < 4.78 is 0. The van der Waals surface area contributed by atoms with Crippen LogP contribution in [0.5, 0.6) is 0 Å². The van der Waals surface area contributed by atoms with Crippen LogP contribution in [-0.2, 0) is 11.2 Å². The molecule has 1 saturated heterocycles. The molecular weight excluding hydrogens is 260 g/mol. The van der Waals surface area contributed by atoms with Crippen molar-refractivity contribution in [2.45, 2.75) is 25.7 Å². The van der Waals surface area contributed by atoms with Crippen LogP contribution in [0.4, 0.5) is 0 Å². The average Bonchev–Trinajstić information content (AvgIpc) is 2.43. The Morgan fingerprint density at radius 1 is 1.42 bits per heavy atom. The van der Waals surface area contributed by atoms with E-state index in [9.17, 15) is 4.79 Å². The molecule has 1 aromatic carbocycles. The van der Waals surface area contributed by atoms with Crippen LogP contribution >= 0.6 is 11.6 Å².